The van der Waals surface area contributed by atoms with E-state index < -0.39 is 56.3 Å². The van der Waals surface area contributed by atoms with Crippen LogP contribution in [-0.2, 0) is 54.0 Å². The molecule has 0 spiro atoms. The predicted molar refractivity (Wildman–Crippen MR) is 381 cm³/mol. The molecule has 10 rings (SSSR count). The average molecular weight is 1450 g/mol. The Morgan fingerprint density at radius 1 is 0.727 bits per heavy atom. The molecule has 6 atom stereocenters. The van der Waals surface area contributed by atoms with E-state index in [2.05, 4.69) is 16.0 Å². The SMILES string of the molecule is CC1CC(=O)N(CCCCCCC(=O)C2(C(=O)C[C@@H](CCCNC(N)=O)C(=O)Nc3ccc(COC(=O)Nc4cc(/C=C/C(=O)N5C[C@@H](CCl)c6c5cc(OP(=O)(O)P)c5ccccc65)ccc4/C=C/C(=O)N4C[C@@H](CCl)c5c4cc(OP(=O)(O)O)c4ccccc54)cc3)CCC2)C1=O. The molecule has 522 valence electrons. The molecule has 8 N–H and O–H groups in total. The van der Waals surface area contributed by atoms with Gasteiger partial charge in [-0.2, -0.15) is 0 Å². The summed E-state index contributed by atoms with van der Waals surface area (Å²) in [7, 11) is -7.39. The van der Waals surface area contributed by atoms with Gasteiger partial charge in [0.2, 0.25) is 17.7 Å². The number of phosphoric acid groups is 1. The van der Waals surface area contributed by atoms with E-state index in [-0.39, 0.29) is 122 Å². The molecule has 1 aliphatic carbocycles. The van der Waals surface area contributed by atoms with E-state index in [4.69, 9.17) is 42.7 Å². The number of carbonyl (C=O) groups is 9. The first-order valence-electron chi connectivity index (χ1n) is 32.4. The molecule has 1 saturated carbocycles. The van der Waals surface area contributed by atoms with E-state index in [1.807, 2.05) is 6.07 Å². The number of hydrogen-bond donors (Lipinski definition) is 7. The minimum atomic E-state index is -5.05. The molecular weight excluding hydrogens is 1370 g/mol. The van der Waals surface area contributed by atoms with Crippen molar-refractivity contribution in [2.75, 3.05) is 58.4 Å². The fourth-order valence-corrected chi connectivity index (χ4v) is 15.0. The minimum Gasteiger partial charge on any atom is -0.444 e. The Morgan fingerprint density at radius 2 is 1.31 bits per heavy atom. The molecule has 99 heavy (non-hydrogen) atoms. The third-order valence-corrected chi connectivity index (χ3v) is 20.4. The predicted octanol–water partition coefficient (Wildman–Crippen LogP) is 12.4. The van der Waals surface area contributed by atoms with Gasteiger partial charge < -0.3 is 44.8 Å². The second-order valence-corrected chi connectivity index (χ2v) is 30.3. The van der Waals surface area contributed by atoms with Gasteiger partial charge in [0.25, 0.3) is 11.8 Å². The number of nitrogens with one attached hydrogen (secondary N) is 3. The molecule has 6 aromatic carbocycles. The molecule has 29 heteroatoms. The lowest BCUT2D eigenvalue weighted by atomic mass is 9.61. The molecule has 1 saturated heterocycles. The number of nitrogens with zero attached hydrogens (tertiary/aromatic N) is 3. The van der Waals surface area contributed by atoms with Crippen LogP contribution >= 0.6 is 47.2 Å². The lowest BCUT2D eigenvalue weighted by Gasteiger charge is -2.39. The molecule has 4 aliphatic rings. The number of amides is 8. The number of hydrogen-bond acceptors (Lipinski definition) is 14. The summed E-state index contributed by atoms with van der Waals surface area (Å²) >= 11 is 13.0. The summed E-state index contributed by atoms with van der Waals surface area (Å²) in [6, 6.07) is 27.3. The second kappa shape index (κ2) is 31.9. The van der Waals surface area contributed by atoms with Gasteiger partial charge >= 0.3 is 27.2 Å². The third-order valence-electron chi connectivity index (χ3n) is 18.4. The van der Waals surface area contributed by atoms with Crippen molar-refractivity contribution in [3.8, 4) is 11.5 Å². The number of halogens is 2. The van der Waals surface area contributed by atoms with E-state index in [0.717, 1.165) is 5.56 Å². The number of alkyl halides is 2. The van der Waals surface area contributed by atoms with Crippen molar-refractivity contribution in [2.24, 2.45) is 23.0 Å². The van der Waals surface area contributed by atoms with Crippen LogP contribution in [0.25, 0.3) is 33.7 Å². The number of anilines is 4. The number of urea groups is 1. The van der Waals surface area contributed by atoms with E-state index in [0.29, 0.717) is 119 Å². The molecule has 3 aliphatic heterocycles. The van der Waals surface area contributed by atoms with Crippen LogP contribution in [0.5, 0.6) is 11.5 Å². The smallest absolute Gasteiger partial charge is 0.444 e. The zero-order valence-corrected chi connectivity index (χ0v) is 58.5. The first kappa shape index (κ1) is 73.4. The molecule has 8 amide bonds. The van der Waals surface area contributed by atoms with Crippen LogP contribution in [0.1, 0.15) is 124 Å². The Morgan fingerprint density at radius 3 is 1.86 bits per heavy atom. The first-order valence-corrected chi connectivity index (χ1v) is 38.2. The van der Waals surface area contributed by atoms with E-state index in [1.54, 1.807) is 101 Å². The number of ether oxygens (including phenoxy) is 1. The van der Waals surface area contributed by atoms with Crippen LogP contribution in [0, 0.1) is 17.3 Å². The van der Waals surface area contributed by atoms with Crippen molar-refractivity contribution in [1.82, 2.24) is 10.2 Å². The number of fused-ring (bicyclic) bond motifs is 6. The Bertz CT molecular complexity index is 4330. The zero-order valence-electron chi connectivity index (χ0n) is 54.1. The van der Waals surface area contributed by atoms with E-state index in [9.17, 15) is 67.0 Å². The number of phosphoric ester groups is 1. The van der Waals surface area contributed by atoms with Gasteiger partial charge in [-0.3, -0.25) is 53.6 Å². The lowest BCUT2D eigenvalue weighted by Crippen LogP contribution is -2.46. The maximum absolute atomic E-state index is 14.3. The molecular formula is C70H76Cl2N7O17P3. The molecule has 0 aromatic heterocycles. The van der Waals surface area contributed by atoms with Crippen LogP contribution in [0.15, 0.2) is 115 Å². The Hall–Kier alpha value is -8.30. The van der Waals surface area contributed by atoms with Crippen LogP contribution in [0.4, 0.5) is 32.3 Å². The number of nitrogens with two attached hydrogens (primary N) is 1. The molecule has 24 nitrogen and oxygen atoms in total. The minimum absolute atomic E-state index is 0.0865. The number of ketones is 2. The molecule has 2 fully saturated rings. The first-order chi connectivity index (χ1) is 47.2. The van der Waals surface area contributed by atoms with Crippen molar-refractivity contribution >= 4 is 157 Å². The summed E-state index contributed by atoms with van der Waals surface area (Å²) in [5, 5.41) is 10.4. The fraction of sp³-hybridized carbons (Fsp3) is 0.357. The number of unbranched alkanes of at least 4 members (excludes halogenated alkanes) is 3. The standard InChI is InChI=1S/C70H76Cl2N7O17P3/c1-42-32-63(84)77(67(42)86)31-9-3-2-4-17-59(80)70(28-11-29-70)60(81)34-46(12-10-30-74-68(73)87)66(85)75-49-24-19-44(20-25-49)41-94-69(88)76-54-33-43(21-26-61(82)78-39-47(37-71)65-53-16-8-6-14-51(53)58(36-56(65)78)96-99(92,93)97)18-22-45(54)23-27-62(83)79-40-48(38-72)64-52-15-7-5-13-50(52)57(35-55(64)79)95-98(89,90)91/h5-8,13-16,18-27,33,35-36,42,46-48H,2-4,9-12,17,28-32,34,37-41,97H2,1H3,(H,75,85)(H,76,88)(H,92,93)(H3,73,74,87)(H2,89,90,91)/b26-21+,27-23+/t42?,46-,47-,48-/m1/s1. The monoisotopic (exact) mass is 1450 g/mol. The quantitative estimate of drug-likeness (QED) is 0.00550. The van der Waals surface area contributed by atoms with Gasteiger partial charge in [0.1, 0.15) is 29.7 Å². The lowest BCUT2D eigenvalue weighted by molar-refractivity contribution is -0.148. The Balaban J connectivity index is 0.832. The molecule has 0 bridgehead atoms. The third kappa shape index (κ3) is 17.7. The van der Waals surface area contributed by atoms with Gasteiger partial charge in [0.05, 0.1) is 22.5 Å². The van der Waals surface area contributed by atoms with Gasteiger partial charge in [0.15, 0.2) is 0 Å². The van der Waals surface area contributed by atoms with Gasteiger partial charge in [-0.15, -0.1) is 23.2 Å². The van der Waals surface area contributed by atoms with Crippen LogP contribution in [-0.4, -0.2) is 111 Å². The highest BCUT2D eigenvalue weighted by atomic mass is 35.5. The summed E-state index contributed by atoms with van der Waals surface area (Å²) in [5.74, 6) is -4.03. The summed E-state index contributed by atoms with van der Waals surface area (Å²) in [6.07, 6.45) is 9.23. The van der Waals surface area contributed by atoms with Crippen LogP contribution in [0.3, 0.4) is 0 Å². The number of carbonyl (C=O) groups excluding carboxylic acids is 9. The van der Waals surface area contributed by atoms with Crippen molar-refractivity contribution < 1.29 is 80.7 Å². The largest absolute Gasteiger partial charge is 0.524 e. The topological polar surface area (TPSA) is 348 Å². The number of primary amides is 1. The normalized spacial score (nSPS) is 18.1. The van der Waals surface area contributed by atoms with E-state index >= 15 is 0 Å². The highest BCUT2D eigenvalue weighted by Crippen LogP contribution is 2.55. The fourth-order valence-electron chi connectivity index (χ4n) is 13.4. The van der Waals surface area contributed by atoms with Crippen molar-refractivity contribution in [2.45, 2.75) is 102 Å². The number of Topliss-reactive ketones (excluding diaryl/α,β-unsaturated/α-hetero) is 2. The second-order valence-electron chi connectivity index (χ2n) is 25.2. The number of imide groups is 1. The Labute approximate surface area is 583 Å². The number of likely N-dealkylation sites (tertiary alicyclic amines) is 1. The van der Waals surface area contributed by atoms with Crippen LogP contribution < -0.4 is 40.5 Å². The highest BCUT2D eigenvalue weighted by Gasteiger charge is 2.50. The van der Waals surface area contributed by atoms with Crippen LogP contribution in [0.2, 0.25) is 0 Å². The average Bonchev–Trinajstić information content (AvgIpc) is 1.62. The number of rotatable bonds is 30. The zero-order chi connectivity index (χ0) is 70.9. The van der Waals surface area contributed by atoms with Gasteiger partial charge in [-0.05, 0) is 116 Å². The molecule has 0 radical (unpaired) electrons. The maximum Gasteiger partial charge on any atom is 0.524 e. The molecule has 6 aromatic rings. The highest BCUT2D eigenvalue weighted by molar-refractivity contribution is 8.11. The summed E-state index contributed by atoms with van der Waals surface area (Å²) in [5.41, 5.74) is 7.99. The van der Waals surface area contributed by atoms with Gasteiger partial charge in [-0.1, -0.05) is 99.0 Å². The number of benzene rings is 6. The van der Waals surface area contributed by atoms with Crippen molar-refractivity contribution in [3.05, 3.63) is 143 Å². The van der Waals surface area contributed by atoms with Gasteiger partial charge in [-0.25, -0.2) is 18.7 Å². The summed E-state index contributed by atoms with van der Waals surface area (Å²) < 4.78 is 41.0. The maximum atomic E-state index is 14.3. The summed E-state index contributed by atoms with van der Waals surface area (Å²) in [6.45, 7) is 2.23. The Kier molecular flexibility index (Phi) is 23.7. The van der Waals surface area contributed by atoms with E-state index in [1.165, 1.54) is 51.1 Å². The summed E-state index contributed by atoms with van der Waals surface area (Å²) in [4.78, 5) is 155. The molecule has 3 heterocycles. The van der Waals surface area contributed by atoms with Gasteiger partial charge in [0, 0.05) is 122 Å². The van der Waals surface area contributed by atoms with Crippen molar-refractivity contribution in [1.29, 1.82) is 0 Å². The van der Waals surface area contributed by atoms with Crippen molar-refractivity contribution in [3.63, 3.8) is 0 Å². The molecule has 3 unspecified atom stereocenters.